The normalized spacial score (nSPS) is 13.7. The maximum atomic E-state index is 4.06. The number of rotatable bonds is 4. The van der Waals surface area contributed by atoms with E-state index in [4.69, 9.17) is 0 Å². The van der Waals surface area contributed by atoms with E-state index in [0.29, 0.717) is 6.04 Å². The van der Waals surface area contributed by atoms with Crippen LogP contribution in [0.2, 0.25) is 0 Å². The maximum absolute atomic E-state index is 4.06. The fourth-order valence-corrected chi connectivity index (χ4v) is 1.53. The molecule has 0 bridgehead atoms. The van der Waals surface area contributed by atoms with Crippen LogP contribution in [0.5, 0.6) is 0 Å². The minimum absolute atomic E-state index is 0.632. The number of hydrogen-bond acceptors (Lipinski definition) is 1. The van der Waals surface area contributed by atoms with Gasteiger partial charge in [-0.3, -0.25) is 0 Å². The zero-order valence-corrected chi connectivity index (χ0v) is 8.20. The SMILES string of the molecule is CCC(CC(C)C)n1ccnc1. The molecule has 0 aliphatic rings. The Morgan fingerprint density at radius 1 is 1.42 bits per heavy atom. The summed E-state index contributed by atoms with van der Waals surface area (Å²) in [6.07, 6.45) is 8.25. The zero-order valence-electron chi connectivity index (χ0n) is 8.20. The van der Waals surface area contributed by atoms with Gasteiger partial charge >= 0.3 is 0 Å². The quantitative estimate of drug-likeness (QED) is 0.672. The lowest BCUT2D eigenvalue weighted by atomic mass is 10.0. The van der Waals surface area contributed by atoms with Crippen molar-refractivity contribution < 1.29 is 0 Å². The van der Waals surface area contributed by atoms with E-state index in [9.17, 15) is 0 Å². The molecule has 1 heterocycles. The molecule has 0 N–H and O–H groups in total. The number of aromatic nitrogens is 2. The fraction of sp³-hybridized carbons (Fsp3) is 0.700. The summed E-state index contributed by atoms with van der Waals surface area (Å²) in [5.74, 6) is 0.761. The summed E-state index contributed by atoms with van der Waals surface area (Å²) in [7, 11) is 0. The number of imidazole rings is 1. The van der Waals surface area contributed by atoms with Gasteiger partial charge in [-0.15, -0.1) is 0 Å². The molecular weight excluding hydrogens is 148 g/mol. The molecule has 0 radical (unpaired) electrons. The molecule has 0 spiro atoms. The fourth-order valence-electron chi connectivity index (χ4n) is 1.53. The lowest BCUT2D eigenvalue weighted by Gasteiger charge is -2.18. The Morgan fingerprint density at radius 2 is 2.17 bits per heavy atom. The van der Waals surface area contributed by atoms with Crippen molar-refractivity contribution in [2.75, 3.05) is 0 Å². The van der Waals surface area contributed by atoms with Crippen LogP contribution in [-0.2, 0) is 0 Å². The smallest absolute Gasteiger partial charge is 0.0948 e. The van der Waals surface area contributed by atoms with Gasteiger partial charge in [-0.2, -0.15) is 0 Å². The van der Waals surface area contributed by atoms with Gasteiger partial charge in [0.05, 0.1) is 6.33 Å². The van der Waals surface area contributed by atoms with E-state index >= 15 is 0 Å². The summed E-state index contributed by atoms with van der Waals surface area (Å²) in [6.45, 7) is 6.76. The van der Waals surface area contributed by atoms with Crippen molar-refractivity contribution in [2.24, 2.45) is 5.92 Å². The molecule has 0 aromatic carbocycles. The van der Waals surface area contributed by atoms with Gasteiger partial charge in [0.2, 0.25) is 0 Å². The van der Waals surface area contributed by atoms with Gasteiger partial charge in [-0.05, 0) is 18.8 Å². The monoisotopic (exact) mass is 166 g/mol. The van der Waals surface area contributed by atoms with Crippen molar-refractivity contribution >= 4 is 0 Å². The molecule has 12 heavy (non-hydrogen) atoms. The minimum atomic E-state index is 0.632. The lowest BCUT2D eigenvalue weighted by Crippen LogP contribution is -2.08. The van der Waals surface area contributed by atoms with Gasteiger partial charge in [0.25, 0.3) is 0 Å². The predicted octanol–water partition coefficient (Wildman–Crippen LogP) is 2.88. The molecule has 1 aromatic rings. The standard InChI is InChI=1S/C10H18N2/c1-4-10(7-9(2)3)12-6-5-11-8-12/h5-6,8-10H,4,7H2,1-3H3. The summed E-state index contributed by atoms with van der Waals surface area (Å²) >= 11 is 0. The molecule has 1 aromatic heterocycles. The summed E-state index contributed by atoms with van der Waals surface area (Å²) in [6, 6.07) is 0.632. The Labute approximate surface area is 74.6 Å². The molecular formula is C10H18N2. The van der Waals surface area contributed by atoms with Crippen molar-refractivity contribution in [3.63, 3.8) is 0 Å². The first-order valence-electron chi connectivity index (χ1n) is 4.71. The van der Waals surface area contributed by atoms with Crippen LogP contribution in [0.3, 0.4) is 0 Å². The number of nitrogens with zero attached hydrogens (tertiary/aromatic N) is 2. The second-order valence-corrected chi connectivity index (χ2v) is 3.70. The third-order valence-electron chi connectivity index (χ3n) is 2.16. The molecule has 2 nitrogen and oxygen atoms in total. The molecule has 0 amide bonds. The highest BCUT2D eigenvalue weighted by atomic mass is 15.0. The molecule has 0 aliphatic heterocycles. The molecule has 68 valence electrons. The van der Waals surface area contributed by atoms with Gasteiger partial charge in [0, 0.05) is 18.4 Å². The van der Waals surface area contributed by atoms with Crippen LogP contribution in [0.4, 0.5) is 0 Å². The average Bonchev–Trinajstić information content (AvgIpc) is 2.51. The molecule has 1 unspecified atom stereocenters. The second-order valence-electron chi connectivity index (χ2n) is 3.70. The Morgan fingerprint density at radius 3 is 2.58 bits per heavy atom. The molecule has 0 saturated heterocycles. The summed E-state index contributed by atoms with van der Waals surface area (Å²) < 4.78 is 2.21. The van der Waals surface area contributed by atoms with Crippen LogP contribution in [0.1, 0.15) is 39.7 Å². The Hall–Kier alpha value is -0.790. The van der Waals surface area contributed by atoms with Gasteiger partial charge in [0.1, 0.15) is 0 Å². The highest BCUT2D eigenvalue weighted by molar-refractivity contribution is 4.80. The first-order valence-corrected chi connectivity index (χ1v) is 4.71. The summed E-state index contributed by atoms with van der Waals surface area (Å²) in [5.41, 5.74) is 0. The van der Waals surface area contributed by atoms with Crippen molar-refractivity contribution in [2.45, 2.75) is 39.7 Å². The van der Waals surface area contributed by atoms with Gasteiger partial charge < -0.3 is 4.57 Å². The minimum Gasteiger partial charge on any atom is -0.334 e. The highest BCUT2D eigenvalue weighted by Crippen LogP contribution is 2.19. The molecule has 0 saturated carbocycles. The van der Waals surface area contributed by atoms with Crippen LogP contribution >= 0.6 is 0 Å². The molecule has 0 fully saturated rings. The van der Waals surface area contributed by atoms with E-state index in [2.05, 4.69) is 36.5 Å². The topological polar surface area (TPSA) is 17.8 Å². The molecule has 1 atom stereocenters. The van der Waals surface area contributed by atoms with E-state index in [1.54, 1.807) is 0 Å². The van der Waals surface area contributed by atoms with Crippen LogP contribution in [0.25, 0.3) is 0 Å². The van der Waals surface area contributed by atoms with Crippen molar-refractivity contribution in [1.29, 1.82) is 0 Å². The van der Waals surface area contributed by atoms with Crippen LogP contribution in [0, 0.1) is 5.92 Å². The van der Waals surface area contributed by atoms with Crippen molar-refractivity contribution in [1.82, 2.24) is 9.55 Å². The van der Waals surface area contributed by atoms with Crippen molar-refractivity contribution in [3.05, 3.63) is 18.7 Å². The van der Waals surface area contributed by atoms with Crippen molar-refractivity contribution in [3.8, 4) is 0 Å². The third kappa shape index (κ3) is 2.36. The maximum Gasteiger partial charge on any atom is 0.0948 e. The van der Waals surface area contributed by atoms with Gasteiger partial charge in [-0.1, -0.05) is 20.8 Å². The summed E-state index contributed by atoms with van der Waals surface area (Å²) in [4.78, 5) is 4.06. The van der Waals surface area contributed by atoms with Gasteiger partial charge in [-0.25, -0.2) is 4.98 Å². The first kappa shape index (κ1) is 9.30. The van der Waals surface area contributed by atoms with E-state index in [1.807, 2.05) is 12.5 Å². The zero-order chi connectivity index (χ0) is 8.97. The Bertz CT molecular complexity index is 202. The van der Waals surface area contributed by atoms with E-state index in [-0.39, 0.29) is 0 Å². The first-order chi connectivity index (χ1) is 5.74. The average molecular weight is 166 g/mol. The lowest BCUT2D eigenvalue weighted by molar-refractivity contribution is 0.390. The van der Waals surface area contributed by atoms with Crippen LogP contribution < -0.4 is 0 Å². The highest BCUT2D eigenvalue weighted by Gasteiger charge is 2.09. The predicted molar refractivity (Wildman–Crippen MR) is 51.0 cm³/mol. The second kappa shape index (κ2) is 4.29. The Kier molecular flexibility index (Phi) is 3.32. The van der Waals surface area contributed by atoms with Crippen LogP contribution in [-0.4, -0.2) is 9.55 Å². The third-order valence-corrected chi connectivity index (χ3v) is 2.16. The van der Waals surface area contributed by atoms with Crippen LogP contribution in [0.15, 0.2) is 18.7 Å². The summed E-state index contributed by atoms with van der Waals surface area (Å²) in [5, 5.41) is 0. The molecule has 1 rings (SSSR count). The largest absolute Gasteiger partial charge is 0.334 e. The van der Waals surface area contributed by atoms with E-state index in [0.717, 1.165) is 5.92 Å². The van der Waals surface area contributed by atoms with E-state index in [1.165, 1.54) is 12.8 Å². The van der Waals surface area contributed by atoms with Gasteiger partial charge in [0.15, 0.2) is 0 Å². The molecule has 2 heteroatoms. The number of hydrogen-bond donors (Lipinski definition) is 0. The molecule has 0 aliphatic carbocycles. The Balaban J connectivity index is 2.57. The van der Waals surface area contributed by atoms with E-state index < -0.39 is 0 Å².